The molecular weight excluding hydrogens is 426 g/mol. The van der Waals surface area contributed by atoms with Gasteiger partial charge in [-0.2, -0.15) is 0 Å². The number of para-hydroxylation sites is 1. The van der Waals surface area contributed by atoms with Crippen LogP contribution in [0.25, 0.3) is 0 Å². The third-order valence-electron chi connectivity index (χ3n) is 5.71. The summed E-state index contributed by atoms with van der Waals surface area (Å²) in [5.41, 5.74) is 2.17. The van der Waals surface area contributed by atoms with E-state index >= 15 is 0 Å². The Kier molecular flexibility index (Phi) is 6.69. The third kappa shape index (κ3) is 4.60. The number of methoxy groups -OCH3 is 1. The van der Waals surface area contributed by atoms with Crippen LogP contribution in [-0.4, -0.2) is 54.6 Å². The molecule has 0 saturated carbocycles. The summed E-state index contributed by atoms with van der Waals surface area (Å²) in [5.74, 6) is -0.327. The first kappa shape index (κ1) is 22.2. The molecule has 2 heterocycles. The fourth-order valence-electron chi connectivity index (χ4n) is 4.07. The minimum Gasteiger partial charge on any atom is -0.495 e. The quantitative estimate of drug-likeness (QED) is 0.702. The Morgan fingerprint density at radius 1 is 1.12 bits per heavy atom. The van der Waals surface area contributed by atoms with Crippen LogP contribution in [0, 0.1) is 6.92 Å². The number of anilines is 2. The summed E-state index contributed by atoms with van der Waals surface area (Å²) in [5, 5.41) is 1.98. The lowest BCUT2D eigenvalue weighted by molar-refractivity contribution is -0.135. The molecule has 3 amide bonds. The van der Waals surface area contributed by atoms with E-state index in [2.05, 4.69) is 5.32 Å². The SMILES string of the molecule is COc1ccc(C)cc1NC(=O)CN1C(=O)C(C(=O)N2CCCCC2)Sc2ccccc21. The molecule has 1 fully saturated rings. The second kappa shape index (κ2) is 9.65. The normalized spacial score (nSPS) is 18.2. The summed E-state index contributed by atoms with van der Waals surface area (Å²) in [6, 6.07) is 12.9. The highest BCUT2D eigenvalue weighted by molar-refractivity contribution is 8.01. The fourth-order valence-corrected chi connectivity index (χ4v) is 5.26. The minimum atomic E-state index is -0.871. The van der Waals surface area contributed by atoms with Crippen LogP contribution in [-0.2, 0) is 14.4 Å². The number of amides is 3. The van der Waals surface area contributed by atoms with Gasteiger partial charge >= 0.3 is 0 Å². The lowest BCUT2D eigenvalue weighted by atomic mass is 10.1. The van der Waals surface area contributed by atoms with Crippen molar-refractivity contribution in [2.75, 3.05) is 37.0 Å². The molecule has 0 bridgehead atoms. The van der Waals surface area contributed by atoms with Gasteiger partial charge in [-0.1, -0.05) is 18.2 Å². The number of ether oxygens (including phenoxy) is 1. The zero-order chi connectivity index (χ0) is 22.7. The second-order valence-corrected chi connectivity index (χ2v) is 9.17. The summed E-state index contributed by atoms with van der Waals surface area (Å²) >= 11 is 1.28. The molecule has 0 radical (unpaired) electrons. The van der Waals surface area contributed by atoms with E-state index in [9.17, 15) is 14.4 Å². The van der Waals surface area contributed by atoms with Gasteiger partial charge in [-0.15, -0.1) is 11.8 Å². The molecule has 8 heteroatoms. The van der Waals surface area contributed by atoms with Gasteiger partial charge in [-0.25, -0.2) is 0 Å². The van der Waals surface area contributed by atoms with Crippen molar-refractivity contribution in [2.24, 2.45) is 0 Å². The van der Waals surface area contributed by atoms with E-state index < -0.39 is 5.25 Å². The number of fused-ring (bicyclic) bond motifs is 1. The molecule has 2 aromatic carbocycles. The van der Waals surface area contributed by atoms with E-state index in [-0.39, 0.29) is 24.3 Å². The first-order valence-electron chi connectivity index (χ1n) is 10.8. The van der Waals surface area contributed by atoms with Gasteiger partial charge < -0.3 is 19.9 Å². The van der Waals surface area contributed by atoms with E-state index in [0.29, 0.717) is 30.2 Å². The molecule has 2 aliphatic rings. The number of likely N-dealkylation sites (tertiary alicyclic amines) is 1. The van der Waals surface area contributed by atoms with Crippen molar-refractivity contribution in [2.45, 2.75) is 36.3 Å². The molecule has 1 atom stereocenters. The Bertz CT molecular complexity index is 1040. The average Bonchev–Trinajstić information content (AvgIpc) is 2.81. The highest BCUT2D eigenvalue weighted by Gasteiger charge is 2.41. The van der Waals surface area contributed by atoms with Crippen molar-refractivity contribution < 1.29 is 19.1 Å². The number of rotatable bonds is 5. The van der Waals surface area contributed by atoms with Crippen LogP contribution in [0.1, 0.15) is 24.8 Å². The van der Waals surface area contributed by atoms with Gasteiger partial charge in [-0.05, 0) is 56.0 Å². The zero-order valence-electron chi connectivity index (χ0n) is 18.3. The first-order chi connectivity index (χ1) is 15.5. The highest BCUT2D eigenvalue weighted by Crippen LogP contribution is 2.40. The van der Waals surface area contributed by atoms with Crippen molar-refractivity contribution in [1.29, 1.82) is 0 Å². The molecular formula is C24H27N3O4S. The molecule has 32 heavy (non-hydrogen) atoms. The third-order valence-corrected chi connectivity index (χ3v) is 6.95. The van der Waals surface area contributed by atoms with Gasteiger partial charge in [-0.3, -0.25) is 14.4 Å². The van der Waals surface area contributed by atoms with Gasteiger partial charge in [0.15, 0.2) is 5.25 Å². The smallest absolute Gasteiger partial charge is 0.250 e. The van der Waals surface area contributed by atoms with Crippen LogP contribution in [0.15, 0.2) is 47.4 Å². The summed E-state index contributed by atoms with van der Waals surface area (Å²) in [6.07, 6.45) is 3.02. The molecule has 1 saturated heterocycles. The maximum atomic E-state index is 13.4. The topological polar surface area (TPSA) is 79.0 Å². The van der Waals surface area contributed by atoms with E-state index in [0.717, 1.165) is 29.7 Å². The van der Waals surface area contributed by atoms with Gasteiger partial charge in [0.25, 0.3) is 5.91 Å². The molecule has 0 aromatic heterocycles. The Morgan fingerprint density at radius 3 is 2.62 bits per heavy atom. The van der Waals surface area contributed by atoms with Gasteiger partial charge in [0.1, 0.15) is 12.3 Å². The van der Waals surface area contributed by atoms with Gasteiger partial charge in [0, 0.05) is 18.0 Å². The van der Waals surface area contributed by atoms with E-state index in [1.807, 2.05) is 43.3 Å². The zero-order valence-corrected chi connectivity index (χ0v) is 19.1. The molecule has 1 unspecified atom stereocenters. The van der Waals surface area contributed by atoms with E-state index in [4.69, 9.17) is 4.74 Å². The largest absolute Gasteiger partial charge is 0.495 e. The van der Waals surface area contributed by atoms with Crippen molar-refractivity contribution in [3.63, 3.8) is 0 Å². The van der Waals surface area contributed by atoms with Crippen molar-refractivity contribution in [3.8, 4) is 5.75 Å². The number of benzene rings is 2. The number of hydrogen-bond donors (Lipinski definition) is 1. The summed E-state index contributed by atoms with van der Waals surface area (Å²) < 4.78 is 5.34. The predicted octanol–water partition coefficient (Wildman–Crippen LogP) is 3.46. The number of nitrogens with one attached hydrogen (secondary N) is 1. The first-order valence-corrected chi connectivity index (χ1v) is 11.7. The molecule has 1 N–H and O–H groups in total. The lowest BCUT2D eigenvalue weighted by Crippen LogP contribution is -2.52. The van der Waals surface area contributed by atoms with Crippen LogP contribution in [0.4, 0.5) is 11.4 Å². The Balaban J connectivity index is 1.56. The molecule has 2 aromatic rings. The van der Waals surface area contributed by atoms with Gasteiger partial charge in [0.2, 0.25) is 11.8 Å². The standard InChI is InChI=1S/C24H27N3O4S/c1-16-10-11-19(31-2)17(14-16)25-21(28)15-27-18-8-4-5-9-20(18)32-22(24(27)30)23(29)26-12-6-3-7-13-26/h4-5,8-11,14,22H,3,6-7,12-13,15H2,1-2H3,(H,25,28). The number of aryl methyl sites for hydroxylation is 1. The summed E-state index contributed by atoms with van der Waals surface area (Å²) in [6.45, 7) is 3.10. The highest BCUT2D eigenvalue weighted by atomic mass is 32.2. The fraction of sp³-hybridized carbons (Fsp3) is 0.375. The second-order valence-electron chi connectivity index (χ2n) is 8.03. The van der Waals surface area contributed by atoms with Crippen molar-refractivity contribution in [1.82, 2.24) is 4.90 Å². The Morgan fingerprint density at radius 2 is 1.88 bits per heavy atom. The molecule has 0 aliphatic carbocycles. The van der Waals surface area contributed by atoms with Crippen LogP contribution in [0.3, 0.4) is 0 Å². The monoisotopic (exact) mass is 453 g/mol. The Labute approximate surface area is 192 Å². The maximum Gasteiger partial charge on any atom is 0.250 e. The number of piperidine rings is 1. The van der Waals surface area contributed by atoms with Crippen molar-refractivity contribution in [3.05, 3.63) is 48.0 Å². The van der Waals surface area contributed by atoms with Crippen LogP contribution < -0.4 is 15.0 Å². The molecule has 4 rings (SSSR count). The maximum absolute atomic E-state index is 13.4. The van der Waals surface area contributed by atoms with Crippen LogP contribution in [0.2, 0.25) is 0 Å². The van der Waals surface area contributed by atoms with E-state index in [1.165, 1.54) is 16.7 Å². The van der Waals surface area contributed by atoms with Crippen LogP contribution >= 0.6 is 11.8 Å². The minimum absolute atomic E-state index is 0.167. The predicted molar refractivity (Wildman–Crippen MR) is 125 cm³/mol. The average molecular weight is 454 g/mol. The number of hydrogen-bond acceptors (Lipinski definition) is 5. The molecule has 168 valence electrons. The number of nitrogens with zero attached hydrogens (tertiary/aromatic N) is 2. The van der Waals surface area contributed by atoms with Gasteiger partial charge in [0.05, 0.1) is 18.5 Å². The Hall–Kier alpha value is -3.00. The summed E-state index contributed by atoms with van der Waals surface area (Å²) in [4.78, 5) is 43.5. The molecule has 0 spiro atoms. The molecule has 7 nitrogen and oxygen atoms in total. The lowest BCUT2D eigenvalue weighted by Gasteiger charge is -2.36. The van der Waals surface area contributed by atoms with E-state index in [1.54, 1.807) is 18.1 Å². The number of thioether (sulfide) groups is 1. The van der Waals surface area contributed by atoms with Crippen LogP contribution in [0.5, 0.6) is 5.75 Å². The van der Waals surface area contributed by atoms with Crippen molar-refractivity contribution >= 4 is 40.9 Å². The number of carbonyl (C=O) groups excluding carboxylic acids is 3. The molecule has 2 aliphatic heterocycles. The number of carbonyl (C=O) groups is 3. The summed E-state index contributed by atoms with van der Waals surface area (Å²) in [7, 11) is 1.54.